The molecule has 0 saturated carbocycles. The van der Waals surface area contributed by atoms with Gasteiger partial charge in [0, 0.05) is 32.6 Å². The van der Waals surface area contributed by atoms with E-state index in [9.17, 15) is 0 Å². The van der Waals surface area contributed by atoms with E-state index in [0.717, 1.165) is 33.2 Å². The second-order valence-electron chi connectivity index (χ2n) is 5.28. The van der Waals surface area contributed by atoms with Crippen molar-refractivity contribution in [2.45, 2.75) is 30.8 Å². The standard InChI is InChI=1S/C18H18BrN3S2/c1-3-8-22-17(14-10-16(4-2)23-12-14)20-21-18(22)24-11-13-6-5-7-15(19)9-13/h3,5-7,9-10,12H,1,4,8,11H2,2H3. The summed E-state index contributed by atoms with van der Waals surface area (Å²) < 4.78 is 3.23. The number of halogens is 1. The van der Waals surface area contributed by atoms with Gasteiger partial charge in [-0.1, -0.05) is 52.8 Å². The van der Waals surface area contributed by atoms with Gasteiger partial charge in [0.05, 0.1) is 0 Å². The van der Waals surface area contributed by atoms with Crippen LogP contribution in [0.1, 0.15) is 17.4 Å². The lowest BCUT2D eigenvalue weighted by molar-refractivity contribution is 0.731. The highest BCUT2D eigenvalue weighted by Gasteiger charge is 2.15. The summed E-state index contributed by atoms with van der Waals surface area (Å²) in [5, 5.41) is 11.9. The van der Waals surface area contributed by atoms with Crippen molar-refractivity contribution in [3.8, 4) is 11.4 Å². The number of hydrogen-bond donors (Lipinski definition) is 0. The van der Waals surface area contributed by atoms with Gasteiger partial charge in [-0.05, 0) is 30.2 Å². The minimum atomic E-state index is 0.709. The second-order valence-corrected chi connectivity index (χ2v) is 8.13. The van der Waals surface area contributed by atoms with Crippen LogP contribution >= 0.6 is 39.0 Å². The molecule has 0 amide bonds. The van der Waals surface area contributed by atoms with Crippen molar-refractivity contribution in [1.82, 2.24) is 14.8 Å². The summed E-state index contributed by atoms with van der Waals surface area (Å²) in [6, 6.07) is 10.6. The zero-order valence-corrected chi connectivity index (χ0v) is 16.6. The van der Waals surface area contributed by atoms with Crippen LogP contribution in [0.25, 0.3) is 11.4 Å². The molecule has 0 saturated heterocycles. The first-order chi connectivity index (χ1) is 11.7. The maximum Gasteiger partial charge on any atom is 0.192 e. The van der Waals surface area contributed by atoms with E-state index in [0.29, 0.717) is 6.54 Å². The summed E-state index contributed by atoms with van der Waals surface area (Å²) >= 11 is 6.99. The van der Waals surface area contributed by atoms with Gasteiger partial charge in [-0.25, -0.2) is 0 Å². The van der Waals surface area contributed by atoms with Gasteiger partial charge in [-0.3, -0.25) is 4.57 Å². The van der Waals surface area contributed by atoms with Gasteiger partial charge in [0.15, 0.2) is 11.0 Å². The second kappa shape index (κ2) is 8.14. The first kappa shape index (κ1) is 17.5. The Morgan fingerprint density at radius 3 is 2.92 bits per heavy atom. The van der Waals surface area contributed by atoms with Crippen LogP contribution in [-0.2, 0) is 18.7 Å². The molecule has 0 aliphatic heterocycles. The van der Waals surface area contributed by atoms with Crippen molar-refractivity contribution in [3.05, 3.63) is 63.3 Å². The van der Waals surface area contributed by atoms with Crippen LogP contribution in [0.4, 0.5) is 0 Å². The van der Waals surface area contributed by atoms with E-state index in [2.05, 4.69) is 73.8 Å². The number of rotatable bonds is 7. The zero-order valence-electron chi connectivity index (χ0n) is 13.4. The molecule has 1 aromatic carbocycles. The number of thiophene rings is 1. The van der Waals surface area contributed by atoms with Crippen molar-refractivity contribution in [2.24, 2.45) is 0 Å². The van der Waals surface area contributed by atoms with Gasteiger partial charge in [-0.15, -0.1) is 28.1 Å². The fraction of sp³-hybridized carbons (Fsp3) is 0.222. The first-order valence-electron chi connectivity index (χ1n) is 7.70. The largest absolute Gasteiger partial charge is 0.298 e. The maximum atomic E-state index is 4.42. The predicted molar refractivity (Wildman–Crippen MR) is 107 cm³/mol. The molecule has 3 rings (SSSR count). The molecular weight excluding hydrogens is 402 g/mol. The van der Waals surface area contributed by atoms with E-state index in [1.807, 2.05) is 12.1 Å². The molecule has 0 aliphatic rings. The highest BCUT2D eigenvalue weighted by molar-refractivity contribution is 9.10. The third-order valence-electron chi connectivity index (χ3n) is 3.55. The van der Waals surface area contributed by atoms with Gasteiger partial charge in [-0.2, -0.15) is 0 Å². The first-order valence-corrected chi connectivity index (χ1v) is 10.4. The molecule has 0 aliphatic carbocycles. The van der Waals surface area contributed by atoms with Crippen molar-refractivity contribution < 1.29 is 0 Å². The van der Waals surface area contributed by atoms with Gasteiger partial charge in [0.25, 0.3) is 0 Å². The average Bonchev–Trinajstić information content (AvgIpc) is 3.20. The van der Waals surface area contributed by atoms with Crippen molar-refractivity contribution >= 4 is 39.0 Å². The van der Waals surface area contributed by atoms with E-state index in [-0.39, 0.29) is 0 Å². The van der Waals surface area contributed by atoms with Gasteiger partial charge in [0.2, 0.25) is 0 Å². The molecule has 0 atom stereocenters. The van der Waals surface area contributed by atoms with E-state index in [4.69, 9.17) is 0 Å². The Kier molecular flexibility index (Phi) is 5.92. The summed E-state index contributed by atoms with van der Waals surface area (Å²) in [6.45, 7) is 6.75. The molecule has 3 aromatic rings. The number of aromatic nitrogens is 3. The SMILES string of the molecule is C=CCn1c(SCc2cccc(Br)c2)nnc1-c1csc(CC)c1. The molecule has 0 fully saturated rings. The quantitative estimate of drug-likeness (QED) is 0.357. The van der Waals surface area contributed by atoms with Crippen molar-refractivity contribution in [3.63, 3.8) is 0 Å². The van der Waals surface area contributed by atoms with Crippen LogP contribution < -0.4 is 0 Å². The van der Waals surface area contributed by atoms with E-state index in [1.165, 1.54) is 10.4 Å². The summed E-state index contributed by atoms with van der Waals surface area (Å²) in [5.74, 6) is 1.78. The lowest BCUT2D eigenvalue weighted by Crippen LogP contribution is -2.00. The fourth-order valence-corrected chi connectivity index (χ4v) is 4.51. The number of allylic oxidation sites excluding steroid dienone is 1. The maximum absolute atomic E-state index is 4.42. The highest BCUT2D eigenvalue weighted by Crippen LogP contribution is 2.29. The average molecular weight is 420 g/mol. The van der Waals surface area contributed by atoms with Crippen molar-refractivity contribution in [2.75, 3.05) is 0 Å². The minimum absolute atomic E-state index is 0.709. The molecule has 3 nitrogen and oxygen atoms in total. The summed E-state index contributed by atoms with van der Waals surface area (Å²) in [7, 11) is 0. The Bertz CT molecular complexity index is 838. The third-order valence-corrected chi connectivity index (χ3v) is 6.16. The molecule has 0 N–H and O–H groups in total. The molecule has 0 spiro atoms. The smallest absolute Gasteiger partial charge is 0.192 e. The van der Waals surface area contributed by atoms with Gasteiger partial charge >= 0.3 is 0 Å². The number of thioether (sulfide) groups is 1. The van der Waals surface area contributed by atoms with Gasteiger partial charge in [0.1, 0.15) is 0 Å². The molecule has 2 aromatic heterocycles. The van der Waals surface area contributed by atoms with Gasteiger partial charge < -0.3 is 0 Å². The van der Waals surface area contributed by atoms with E-state index < -0.39 is 0 Å². The molecule has 0 radical (unpaired) electrons. The Labute approximate surface area is 159 Å². The lowest BCUT2D eigenvalue weighted by Gasteiger charge is -2.07. The monoisotopic (exact) mass is 419 g/mol. The van der Waals surface area contributed by atoms with Crippen LogP contribution in [0.5, 0.6) is 0 Å². The highest BCUT2D eigenvalue weighted by atomic mass is 79.9. The molecule has 2 heterocycles. The fourth-order valence-electron chi connectivity index (χ4n) is 2.36. The minimum Gasteiger partial charge on any atom is -0.298 e. The lowest BCUT2D eigenvalue weighted by atomic mass is 10.2. The Morgan fingerprint density at radius 1 is 1.33 bits per heavy atom. The summed E-state index contributed by atoms with van der Waals surface area (Å²) in [4.78, 5) is 1.36. The number of nitrogens with zero attached hydrogens (tertiary/aromatic N) is 3. The summed E-state index contributed by atoms with van der Waals surface area (Å²) in [5.41, 5.74) is 2.40. The van der Waals surface area contributed by atoms with Crippen LogP contribution in [0.15, 0.2) is 58.0 Å². The summed E-state index contributed by atoms with van der Waals surface area (Å²) in [6.07, 6.45) is 2.94. The predicted octanol–water partition coefficient (Wildman–Crippen LogP) is 5.81. The third kappa shape index (κ3) is 3.99. The zero-order chi connectivity index (χ0) is 16.9. The van der Waals surface area contributed by atoms with Crippen LogP contribution in [0.2, 0.25) is 0 Å². The number of benzene rings is 1. The van der Waals surface area contributed by atoms with E-state index >= 15 is 0 Å². The molecular formula is C18H18BrN3S2. The molecule has 124 valence electrons. The Morgan fingerprint density at radius 2 is 2.21 bits per heavy atom. The Balaban J connectivity index is 1.84. The van der Waals surface area contributed by atoms with Crippen LogP contribution in [0, 0.1) is 0 Å². The molecule has 6 heteroatoms. The molecule has 0 bridgehead atoms. The van der Waals surface area contributed by atoms with Crippen molar-refractivity contribution in [1.29, 1.82) is 0 Å². The topological polar surface area (TPSA) is 30.7 Å². The normalized spacial score (nSPS) is 10.9. The molecule has 24 heavy (non-hydrogen) atoms. The number of aryl methyl sites for hydroxylation is 1. The van der Waals surface area contributed by atoms with E-state index in [1.54, 1.807) is 23.1 Å². The van der Waals surface area contributed by atoms with Crippen LogP contribution in [0.3, 0.4) is 0 Å². The molecule has 0 unspecified atom stereocenters. The Hall–Kier alpha value is -1.37. The number of hydrogen-bond acceptors (Lipinski definition) is 4. The van der Waals surface area contributed by atoms with Crippen LogP contribution in [-0.4, -0.2) is 14.8 Å².